The van der Waals surface area contributed by atoms with E-state index in [1.165, 1.54) is 18.9 Å². The first-order valence-corrected chi connectivity index (χ1v) is 17.4. The maximum Gasteiger partial charge on any atom is 0.272 e. The summed E-state index contributed by atoms with van der Waals surface area (Å²) in [6, 6.07) is 35.9. The Morgan fingerprint density at radius 2 is 1.58 bits per heavy atom. The van der Waals surface area contributed by atoms with Gasteiger partial charge in [-0.1, -0.05) is 43.3 Å². The van der Waals surface area contributed by atoms with Crippen LogP contribution in [0.25, 0.3) is 28.6 Å². The van der Waals surface area contributed by atoms with Gasteiger partial charge in [0, 0.05) is 39.0 Å². The van der Waals surface area contributed by atoms with Gasteiger partial charge < -0.3 is 29.8 Å². The third-order valence-electron chi connectivity index (χ3n) is 8.00. The van der Waals surface area contributed by atoms with Crippen molar-refractivity contribution in [2.45, 2.75) is 23.5 Å². The number of hydrogen-bond donors (Lipinski definition) is 3. The zero-order valence-electron chi connectivity index (χ0n) is 28.7. The van der Waals surface area contributed by atoms with Crippen LogP contribution < -0.4 is 25.4 Å². The molecule has 0 spiro atoms. The predicted octanol–water partition coefficient (Wildman–Crippen LogP) is 8.43. The van der Waals surface area contributed by atoms with Crippen molar-refractivity contribution in [1.29, 1.82) is 0 Å². The molecule has 262 valence electrons. The molecule has 0 bridgehead atoms. The second kappa shape index (κ2) is 16.6. The summed E-state index contributed by atoms with van der Waals surface area (Å²) in [5.41, 5.74) is 4.38. The molecule has 1 unspecified atom stereocenters. The number of amides is 3. The molecule has 1 atom stereocenters. The van der Waals surface area contributed by atoms with Crippen molar-refractivity contribution in [2.24, 2.45) is 0 Å². The lowest BCUT2D eigenvalue weighted by molar-refractivity contribution is -0.116. The average molecular weight is 713 g/mol. The van der Waals surface area contributed by atoms with Crippen molar-refractivity contribution >= 4 is 58.0 Å². The number of carbonyl (C=O) groups is 3. The van der Waals surface area contributed by atoms with Crippen molar-refractivity contribution in [3.8, 4) is 23.0 Å². The number of nitrogens with zero attached hydrogens (tertiary/aromatic N) is 1. The minimum atomic E-state index is -0.546. The molecule has 0 aliphatic rings. The Bertz CT molecular complexity index is 2200. The molecule has 52 heavy (non-hydrogen) atoms. The molecule has 0 aliphatic heterocycles. The molecule has 3 N–H and O–H groups in total. The molecule has 0 radical (unpaired) electrons. The summed E-state index contributed by atoms with van der Waals surface area (Å²) in [5, 5.41) is 8.24. The second-order valence-corrected chi connectivity index (χ2v) is 12.8. The van der Waals surface area contributed by atoms with Gasteiger partial charge in [-0.3, -0.25) is 14.4 Å². The fourth-order valence-corrected chi connectivity index (χ4v) is 6.30. The van der Waals surface area contributed by atoms with E-state index in [4.69, 9.17) is 13.9 Å². The van der Waals surface area contributed by atoms with Crippen LogP contribution in [-0.2, 0) is 9.59 Å². The smallest absolute Gasteiger partial charge is 0.272 e. The molecular formula is C41H36N4O6S. The summed E-state index contributed by atoms with van der Waals surface area (Å²) in [6.45, 7) is 1.94. The third-order valence-corrected chi connectivity index (χ3v) is 9.35. The lowest BCUT2D eigenvalue weighted by Gasteiger charge is -2.16. The largest absolute Gasteiger partial charge is 0.497 e. The molecule has 3 amide bonds. The highest BCUT2D eigenvalue weighted by Crippen LogP contribution is 2.31. The molecule has 6 aromatic rings. The molecule has 5 aromatic carbocycles. The van der Waals surface area contributed by atoms with Crippen molar-refractivity contribution in [3.05, 3.63) is 138 Å². The Kier molecular flexibility index (Phi) is 11.3. The van der Waals surface area contributed by atoms with Crippen LogP contribution in [0.15, 0.2) is 136 Å². The first kappa shape index (κ1) is 35.5. The van der Waals surface area contributed by atoms with Gasteiger partial charge in [-0.15, -0.1) is 11.8 Å². The summed E-state index contributed by atoms with van der Waals surface area (Å²) in [7, 11) is 3.06. The van der Waals surface area contributed by atoms with Gasteiger partial charge in [0.2, 0.25) is 11.8 Å². The van der Waals surface area contributed by atoms with E-state index in [1.807, 2.05) is 61.5 Å². The number of ether oxygens (including phenoxy) is 2. The molecule has 0 fully saturated rings. The standard InChI is InChI=1S/C41H36N4O6S/c1-4-37(40(48)42-29-20-17-27(18-21-29)41-45-33-15-8-9-16-35(33)51-41)52-32-14-10-13-30(24-32)43-39(47)34(44-38(46)26-11-6-5-7-12-26)23-28-19-22-31(49-2)25-36(28)50-3/h5-25,37H,4H2,1-3H3,(H,42,48)(H,43,47)(H,44,46)/b34-23+. The molecule has 1 aromatic heterocycles. The first-order chi connectivity index (χ1) is 25.3. The fourth-order valence-electron chi connectivity index (χ4n) is 5.28. The third kappa shape index (κ3) is 8.69. The topological polar surface area (TPSA) is 132 Å². The van der Waals surface area contributed by atoms with Crippen LogP contribution in [0.3, 0.4) is 0 Å². The SMILES string of the molecule is CCC(Sc1cccc(NC(=O)/C(=C\c2ccc(OC)cc2OC)NC(=O)c2ccccc2)c1)C(=O)Nc1ccc(-c2nc3ccccc3o2)cc1. The number of anilines is 2. The number of oxazole rings is 1. The molecule has 6 rings (SSSR count). The van der Waals surface area contributed by atoms with Gasteiger partial charge >= 0.3 is 0 Å². The maximum atomic E-state index is 13.7. The highest BCUT2D eigenvalue weighted by molar-refractivity contribution is 8.00. The minimum absolute atomic E-state index is 0.00307. The summed E-state index contributed by atoms with van der Waals surface area (Å²) in [6.07, 6.45) is 2.11. The molecule has 0 saturated carbocycles. The van der Waals surface area contributed by atoms with Crippen molar-refractivity contribution in [3.63, 3.8) is 0 Å². The van der Waals surface area contributed by atoms with Crippen LogP contribution in [0.2, 0.25) is 0 Å². The molecule has 11 heteroatoms. The quantitative estimate of drug-likeness (QED) is 0.0804. The summed E-state index contributed by atoms with van der Waals surface area (Å²) >= 11 is 1.39. The molecule has 0 saturated heterocycles. The second-order valence-electron chi connectivity index (χ2n) is 11.5. The monoisotopic (exact) mass is 712 g/mol. The van der Waals surface area contributed by atoms with Crippen LogP contribution >= 0.6 is 11.8 Å². The van der Waals surface area contributed by atoms with E-state index in [9.17, 15) is 14.4 Å². The van der Waals surface area contributed by atoms with Crippen LogP contribution in [0.1, 0.15) is 29.3 Å². The van der Waals surface area contributed by atoms with Crippen molar-refractivity contribution in [2.75, 3.05) is 24.9 Å². The number of nitrogens with one attached hydrogen (secondary N) is 3. The summed E-state index contributed by atoms with van der Waals surface area (Å²) in [4.78, 5) is 45.5. The minimum Gasteiger partial charge on any atom is -0.497 e. The number of hydrogen-bond acceptors (Lipinski definition) is 8. The first-order valence-electron chi connectivity index (χ1n) is 16.5. The van der Waals surface area contributed by atoms with Gasteiger partial charge in [0.1, 0.15) is 22.7 Å². The molecular weight excluding hydrogens is 677 g/mol. The van der Waals surface area contributed by atoms with Gasteiger partial charge in [-0.25, -0.2) is 4.98 Å². The number of benzene rings is 5. The Labute approximate surface area is 305 Å². The highest BCUT2D eigenvalue weighted by Gasteiger charge is 2.20. The number of methoxy groups -OCH3 is 2. The lowest BCUT2D eigenvalue weighted by Crippen LogP contribution is -2.30. The Morgan fingerprint density at radius 3 is 2.31 bits per heavy atom. The predicted molar refractivity (Wildman–Crippen MR) is 205 cm³/mol. The van der Waals surface area contributed by atoms with E-state index in [-0.39, 0.29) is 11.6 Å². The van der Waals surface area contributed by atoms with E-state index >= 15 is 0 Å². The van der Waals surface area contributed by atoms with Gasteiger partial charge in [-0.05, 0) is 91.4 Å². The van der Waals surface area contributed by atoms with Gasteiger partial charge in [0.05, 0.1) is 19.5 Å². The number of para-hydroxylation sites is 2. The maximum absolute atomic E-state index is 13.7. The lowest BCUT2D eigenvalue weighted by atomic mass is 10.1. The Morgan fingerprint density at radius 1 is 0.808 bits per heavy atom. The highest BCUT2D eigenvalue weighted by atomic mass is 32.2. The van der Waals surface area contributed by atoms with Gasteiger partial charge in [0.25, 0.3) is 11.8 Å². The zero-order chi connectivity index (χ0) is 36.5. The molecule has 0 aliphatic carbocycles. The molecule has 1 heterocycles. The summed E-state index contributed by atoms with van der Waals surface area (Å²) < 4.78 is 16.7. The summed E-state index contributed by atoms with van der Waals surface area (Å²) in [5.74, 6) is 0.400. The number of rotatable bonds is 13. The zero-order valence-corrected chi connectivity index (χ0v) is 29.5. The molecule has 10 nitrogen and oxygen atoms in total. The van der Waals surface area contributed by atoms with E-state index in [2.05, 4.69) is 20.9 Å². The van der Waals surface area contributed by atoms with E-state index < -0.39 is 17.1 Å². The van der Waals surface area contributed by atoms with Crippen molar-refractivity contribution < 1.29 is 28.3 Å². The number of thioether (sulfide) groups is 1. The van der Waals surface area contributed by atoms with Gasteiger partial charge in [-0.2, -0.15) is 0 Å². The number of aromatic nitrogens is 1. The average Bonchev–Trinajstić information content (AvgIpc) is 3.62. The normalized spacial score (nSPS) is 11.8. The Balaban J connectivity index is 1.15. The number of carbonyl (C=O) groups excluding carboxylic acids is 3. The van der Waals surface area contributed by atoms with E-state index in [1.54, 1.807) is 79.9 Å². The van der Waals surface area contributed by atoms with Crippen LogP contribution in [0, 0.1) is 0 Å². The fraction of sp³-hybridized carbons (Fsp3) is 0.122. The van der Waals surface area contributed by atoms with Gasteiger partial charge in [0.15, 0.2) is 5.58 Å². The number of fused-ring (bicyclic) bond motifs is 1. The van der Waals surface area contributed by atoms with E-state index in [0.29, 0.717) is 51.9 Å². The Hall–Kier alpha value is -6.33. The van der Waals surface area contributed by atoms with Crippen LogP contribution in [0.4, 0.5) is 11.4 Å². The van der Waals surface area contributed by atoms with Crippen LogP contribution in [0.5, 0.6) is 11.5 Å². The van der Waals surface area contributed by atoms with E-state index in [0.717, 1.165) is 16.0 Å². The van der Waals surface area contributed by atoms with Crippen LogP contribution in [-0.4, -0.2) is 42.2 Å². The van der Waals surface area contributed by atoms with Crippen molar-refractivity contribution in [1.82, 2.24) is 10.3 Å².